The van der Waals surface area contributed by atoms with Crippen LogP contribution in [0.3, 0.4) is 0 Å². The van der Waals surface area contributed by atoms with Crippen molar-refractivity contribution in [3.63, 3.8) is 0 Å². The van der Waals surface area contributed by atoms with Crippen molar-refractivity contribution in [2.24, 2.45) is 0 Å². The monoisotopic (exact) mass is 467 g/mol. The highest BCUT2D eigenvalue weighted by Gasteiger charge is 2.44. The molecule has 0 unspecified atom stereocenters. The number of aromatic nitrogens is 2. The maximum absolute atomic E-state index is 13.0. The van der Waals surface area contributed by atoms with Crippen molar-refractivity contribution < 1.29 is 31.2 Å². The number of nitrogens with one attached hydrogen (secondary N) is 1. The molecule has 0 amide bonds. The van der Waals surface area contributed by atoms with Crippen LogP contribution in [0.2, 0.25) is 0 Å². The Labute approximate surface area is 182 Å². The van der Waals surface area contributed by atoms with Gasteiger partial charge < -0.3 is 4.84 Å². The number of hydrogen-bond acceptors (Lipinski definition) is 6. The molecule has 1 fully saturated rings. The van der Waals surface area contributed by atoms with Crippen LogP contribution in [0.25, 0.3) is 10.9 Å². The van der Waals surface area contributed by atoms with Gasteiger partial charge in [0.15, 0.2) is 5.03 Å². The van der Waals surface area contributed by atoms with Crippen LogP contribution in [0.5, 0.6) is 0 Å². The van der Waals surface area contributed by atoms with Gasteiger partial charge in [0.2, 0.25) is 9.84 Å². The highest BCUT2D eigenvalue weighted by molar-refractivity contribution is 7.91. The number of nitrogens with zero attached hydrogens (tertiary/aromatic N) is 2. The number of carbonyl (C=O) groups is 1. The molecule has 1 heterocycles. The molecular weight excluding hydrogens is 447 g/mol. The maximum atomic E-state index is 13.0. The third kappa shape index (κ3) is 4.78. The van der Waals surface area contributed by atoms with E-state index in [1.165, 1.54) is 12.1 Å². The van der Waals surface area contributed by atoms with E-state index in [1.54, 1.807) is 36.4 Å². The fourth-order valence-corrected chi connectivity index (χ4v) is 4.74. The van der Waals surface area contributed by atoms with Gasteiger partial charge in [-0.05, 0) is 55.5 Å². The van der Waals surface area contributed by atoms with E-state index in [1.807, 2.05) is 0 Å². The average molecular weight is 467 g/mol. The van der Waals surface area contributed by atoms with Crippen LogP contribution < -0.4 is 0 Å². The first-order chi connectivity index (χ1) is 15.2. The molecule has 170 valence electrons. The van der Waals surface area contributed by atoms with E-state index in [0.29, 0.717) is 36.6 Å². The zero-order valence-electron chi connectivity index (χ0n) is 16.8. The highest BCUT2D eigenvalue weighted by Crippen LogP contribution is 2.30. The number of aromatic amines is 1. The number of benzene rings is 2. The van der Waals surface area contributed by atoms with Crippen molar-refractivity contribution >= 4 is 26.7 Å². The molecule has 0 spiro atoms. The molecule has 1 aromatic heterocycles. The van der Waals surface area contributed by atoms with Crippen molar-refractivity contribution in [2.45, 2.75) is 47.8 Å². The highest BCUT2D eigenvalue weighted by atomic mass is 32.2. The summed E-state index contributed by atoms with van der Waals surface area (Å²) < 4.78 is 63.4. The van der Waals surface area contributed by atoms with Gasteiger partial charge in [-0.15, -0.1) is 5.06 Å². The van der Waals surface area contributed by atoms with Gasteiger partial charge in [0, 0.05) is 18.0 Å². The molecule has 11 heteroatoms. The molecule has 7 nitrogen and oxygen atoms in total. The lowest BCUT2D eigenvalue weighted by atomic mass is 10.1. The van der Waals surface area contributed by atoms with E-state index in [4.69, 9.17) is 0 Å². The normalized spacial score (nSPS) is 14.8. The average Bonchev–Trinajstić information content (AvgIpc) is 3.51. The van der Waals surface area contributed by atoms with E-state index in [9.17, 15) is 26.4 Å². The van der Waals surface area contributed by atoms with Crippen LogP contribution in [0, 0.1) is 0 Å². The van der Waals surface area contributed by atoms with Gasteiger partial charge in [0.1, 0.15) is 0 Å². The number of sulfone groups is 1. The Morgan fingerprint density at radius 3 is 2.53 bits per heavy atom. The fraction of sp³-hybridized carbons (Fsp3) is 0.333. The molecule has 1 aliphatic rings. The molecule has 2 aromatic carbocycles. The van der Waals surface area contributed by atoms with Crippen LogP contribution in [0.15, 0.2) is 58.5 Å². The number of hydroxylamine groups is 2. The van der Waals surface area contributed by atoms with Gasteiger partial charge in [-0.2, -0.15) is 18.3 Å². The molecule has 1 N–H and O–H groups in total. The smallest absolute Gasteiger partial charge is 0.361 e. The molecule has 0 aliphatic heterocycles. The molecular formula is C21H20F3N3O4S. The van der Waals surface area contributed by atoms with Crippen LogP contribution in [0.1, 0.15) is 24.8 Å². The first-order valence-electron chi connectivity index (χ1n) is 9.99. The first-order valence-corrected chi connectivity index (χ1v) is 11.5. The Morgan fingerprint density at radius 2 is 1.88 bits per heavy atom. The Balaban J connectivity index is 1.47. The van der Waals surface area contributed by atoms with Crippen molar-refractivity contribution in [3.8, 4) is 0 Å². The zero-order chi connectivity index (χ0) is 22.9. The minimum Gasteiger partial charge on any atom is -0.361 e. The van der Waals surface area contributed by atoms with E-state index in [-0.39, 0.29) is 22.5 Å². The Hall–Kier alpha value is -2.92. The molecule has 0 radical (unpaired) electrons. The number of fused-ring (bicyclic) bond motifs is 1. The third-order valence-electron chi connectivity index (χ3n) is 5.14. The number of carbonyl (C=O) groups excluding carboxylic acids is 1. The SMILES string of the molecule is O=C(ON(CCCc1ccc2n[nH]c(S(=O)(=O)c3ccccc3)c2c1)C1CC1)C(F)(F)F. The number of rotatable bonds is 8. The van der Waals surface area contributed by atoms with Crippen molar-refractivity contribution in [3.05, 3.63) is 54.1 Å². The number of aryl methyl sites for hydroxylation is 1. The predicted molar refractivity (Wildman–Crippen MR) is 108 cm³/mol. The minimum absolute atomic E-state index is 0.0146. The Bertz CT molecular complexity index is 1220. The largest absolute Gasteiger partial charge is 0.492 e. The lowest BCUT2D eigenvalue weighted by Crippen LogP contribution is -2.36. The van der Waals surface area contributed by atoms with Crippen LogP contribution >= 0.6 is 0 Å². The summed E-state index contributed by atoms with van der Waals surface area (Å²) in [5.74, 6) is -2.22. The second kappa shape index (κ2) is 8.55. The van der Waals surface area contributed by atoms with Crippen molar-refractivity contribution in [2.75, 3.05) is 6.54 Å². The first kappa shape index (κ1) is 22.3. The molecule has 1 aliphatic carbocycles. The molecule has 0 bridgehead atoms. The Morgan fingerprint density at radius 1 is 1.16 bits per heavy atom. The quantitative estimate of drug-likeness (QED) is 0.507. The van der Waals surface area contributed by atoms with E-state index < -0.39 is 22.0 Å². The lowest BCUT2D eigenvalue weighted by molar-refractivity contribution is -0.240. The second-order valence-electron chi connectivity index (χ2n) is 7.57. The number of halogens is 3. The molecule has 32 heavy (non-hydrogen) atoms. The second-order valence-corrected chi connectivity index (χ2v) is 9.46. The summed E-state index contributed by atoms with van der Waals surface area (Å²) in [5.41, 5.74) is 1.28. The topological polar surface area (TPSA) is 92.4 Å². The summed E-state index contributed by atoms with van der Waals surface area (Å²) in [5, 5.41) is 8.19. The molecule has 4 rings (SSSR count). The van der Waals surface area contributed by atoms with Gasteiger partial charge >= 0.3 is 12.1 Å². The van der Waals surface area contributed by atoms with Gasteiger partial charge in [0.05, 0.1) is 10.4 Å². The summed E-state index contributed by atoms with van der Waals surface area (Å²) in [4.78, 5) is 15.8. The zero-order valence-corrected chi connectivity index (χ0v) is 17.6. The molecule has 1 saturated carbocycles. The lowest BCUT2D eigenvalue weighted by Gasteiger charge is -2.21. The summed E-state index contributed by atoms with van der Waals surface area (Å²) in [6.07, 6.45) is -2.82. The van der Waals surface area contributed by atoms with E-state index in [0.717, 1.165) is 10.6 Å². The summed E-state index contributed by atoms with van der Waals surface area (Å²) >= 11 is 0. The standard InChI is InChI=1S/C21H20F3N3O4S/c22-21(23,24)20(28)31-27(15-9-10-15)12-4-5-14-8-11-18-17(13-14)19(26-25-18)32(29,30)16-6-2-1-3-7-16/h1-3,6-8,11,13,15H,4-5,9-10,12H2,(H,25,26). The molecule has 0 saturated heterocycles. The number of H-pyrrole nitrogens is 1. The van der Waals surface area contributed by atoms with Gasteiger partial charge in [-0.25, -0.2) is 13.2 Å². The summed E-state index contributed by atoms with van der Waals surface area (Å²) in [7, 11) is -3.79. The number of alkyl halides is 3. The summed E-state index contributed by atoms with van der Waals surface area (Å²) in [6, 6.07) is 13.0. The van der Waals surface area contributed by atoms with Crippen LogP contribution in [-0.2, 0) is 25.9 Å². The van der Waals surface area contributed by atoms with Gasteiger partial charge in [-0.3, -0.25) is 5.10 Å². The third-order valence-corrected chi connectivity index (χ3v) is 6.88. The van der Waals surface area contributed by atoms with E-state index in [2.05, 4.69) is 15.0 Å². The van der Waals surface area contributed by atoms with Crippen LogP contribution in [-0.4, -0.2) is 48.4 Å². The fourth-order valence-electron chi connectivity index (χ4n) is 3.37. The number of hydrogen-bond donors (Lipinski definition) is 1. The molecule has 3 aromatic rings. The van der Waals surface area contributed by atoms with Crippen LogP contribution in [0.4, 0.5) is 13.2 Å². The molecule has 0 atom stereocenters. The van der Waals surface area contributed by atoms with E-state index >= 15 is 0 Å². The van der Waals surface area contributed by atoms with Crippen molar-refractivity contribution in [1.29, 1.82) is 0 Å². The Kier molecular flexibility index (Phi) is 5.95. The van der Waals surface area contributed by atoms with Crippen molar-refractivity contribution in [1.82, 2.24) is 15.3 Å². The predicted octanol–water partition coefficient (Wildman–Crippen LogP) is 3.81. The van der Waals surface area contributed by atoms with Gasteiger partial charge in [-0.1, -0.05) is 24.3 Å². The summed E-state index contributed by atoms with van der Waals surface area (Å²) in [6.45, 7) is 0.144. The van der Waals surface area contributed by atoms with Gasteiger partial charge in [0.25, 0.3) is 0 Å². The maximum Gasteiger partial charge on any atom is 0.492 e. The minimum atomic E-state index is -5.04.